The maximum atomic E-state index is 12.4. The molecule has 0 unspecified atom stereocenters. The molecule has 1 heterocycles. The largest absolute Gasteiger partial charge is 0.435 e. The molecular formula is C6H7ClF3N3O2S. The lowest BCUT2D eigenvalue weighted by Gasteiger charge is -2.04. The lowest BCUT2D eigenvalue weighted by molar-refractivity contribution is -0.141. The molecule has 1 aromatic rings. The average molecular weight is 278 g/mol. The molecule has 0 aromatic carbocycles. The first-order valence-corrected chi connectivity index (χ1v) is 5.91. The zero-order valence-corrected chi connectivity index (χ0v) is 9.49. The normalized spacial score (nSPS) is 13.1. The van der Waals surface area contributed by atoms with E-state index in [2.05, 4.69) is 10.2 Å². The van der Waals surface area contributed by atoms with E-state index in [-0.39, 0.29) is 0 Å². The molecule has 0 saturated carbocycles. The van der Waals surface area contributed by atoms with Gasteiger partial charge >= 0.3 is 6.18 Å². The minimum Gasteiger partial charge on any atom is -0.256 e. The van der Waals surface area contributed by atoms with Crippen LogP contribution in [0.1, 0.15) is 11.3 Å². The van der Waals surface area contributed by atoms with Crippen LogP contribution in [0.2, 0.25) is 5.15 Å². The number of primary sulfonamides is 1. The van der Waals surface area contributed by atoms with Gasteiger partial charge in [-0.3, -0.25) is 4.68 Å². The van der Waals surface area contributed by atoms with E-state index in [1.165, 1.54) is 7.05 Å². The van der Waals surface area contributed by atoms with E-state index >= 15 is 0 Å². The Hall–Kier alpha value is -0.800. The molecule has 1 aromatic heterocycles. The van der Waals surface area contributed by atoms with Gasteiger partial charge in [-0.05, 0) is 0 Å². The Morgan fingerprint density at radius 2 is 2.00 bits per heavy atom. The molecule has 2 N–H and O–H groups in total. The van der Waals surface area contributed by atoms with Gasteiger partial charge < -0.3 is 0 Å². The molecule has 0 aliphatic rings. The van der Waals surface area contributed by atoms with E-state index in [0.29, 0.717) is 0 Å². The predicted octanol–water partition coefficient (Wildman–Crippen LogP) is 0.881. The number of hydrogen-bond donors (Lipinski definition) is 1. The van der Waals surface area contributed by atoms with Crippen molar-refractivity contribution >= 4 is 21.6 Å². The average Bonchev–Trinajstić information content (AvgIpc) is 2.28. The highest BCUT2D eigenvalue weighted by Gasteiger charge is 2.39. The number of hydrogen-bond acceptors (Lipinski definition) is 3. The topological polar surface area (TPSA) is 78.0 Å². The summed E-state index contributed by atoms with van der Waals surface area (Å²) in [7, 11) is -2.94. The zero-order valence-electron chi connectivity index (χ0n) is 7.92. The number of alkyl halides is 3. The highest BCUT2D eigenvalue weighted by molar-refractivity contribution is 7.88. The molecule has 92 valence electrons. The molecule has 0 aliphatic heterocycles. The van der Waals surface area contributed by atoms with Crippen LogP contribution in [-0.2, 0) is 29.0 Å². The fraction of sp³-hybridized carbons (Fsp3) is 0.500. The molecule has 0 aliphatic carbocycles. The van der Waals surface area contributed by atoms with E-state index in [9.17, 15) is 21.6 Å². The molecule has 0 amide bonds. The van der Waals surface area contributed by atoms with Crippen molar-refractivity contribution in [3.8, 4) is 0 Å². The number of aryl methyl sites for hydroxylation is 1. The van der Waals surface area contributed by atoms with Gasteiger partial charge in [0.1, 0.15) is 5.15 Å². The van der Waals surface area contributed by atoms with Crippen molar-refractivity contribution in [3.05, 3.63) is 16.4 Å². The number of nitrogens with zero attached hydrogens (tertiary/aromatic N) is 2. The van der Waals surface area contributed by atoms with Gasteiger partial charge in [0, 0.05) is 12.6 Å². The lowest BCUT2D eigenvalue weighted by Crippen LogP contribution is -2.17. The zero-order chi connectivity index (χ0) is 12.7. The van der Waals surface area contributed by atoms with Crippen LogP contribution in [0.25, 0.3) is 0 Å². The predicted molar refractivity (Wildman–Crippen MR) is 50.0 cm³/mol. The van der Waals surface area contributed by atoms with Gasteiger partial charge in [-0.15, -0.1) is 0 Å². The smallest absolute Gasteiger partial charge is 0.256 e. The maximum Gasteiger partial charge on any atom is 0.435 e. The molecule has 0 bridgehead atoms. The Morgan fingerprint density at radius 3 is 2.38 bits per heavy atom. The standard InChI is InChI=1S/C6H7ClF3N3O2S/c1-13-5(7)3(2-16(11,14)15)4(12-13)6(8,9)10/h2H2,1H3,(H2,11,14,15). The van der Waals surface area contributed by atoms with Gasteiger partial charge in [0.05, 0.1) is 5.75 Å². The van der Waals surface area contributed by atoms with Crippen LogP contribution < -0.4 is 5.14 Å². The summed E-state index contributed by atoms with van der Waals surface area (Å²) in [5.41, 5.74) is -1.98. The number of halogens is 4. The number of sulfonamides is 1. The second kappa shape index (κ2) is 3.90. The Kier molecular flexibility index (Phi) is 3.23. The summed E-state index contributed by atoms with van der Waals surface area (Å²) in [5.74, 6) is -1.01. The fourth-order valence-corrected chi connectivity index (χ4v) is 2.05. The lowest BCUT2D eigenvalue weighted by atomic mass is 10.3. The summed E-state index contributed by atoms with van der Waals surface area (Å²) < 4.78 is 59.6. The Bertz CT molecular complexity index is 508. The van der Waals surface area contributed by atoms with Crippen LogP contribution in [0.15, 0.2) is 0 Å². The summed E-state index contributed by atoms with van der Waals surface area (Å²) in [4.78, 5) is 0. The van der Waals surface area contributed by atoms with Crippen LogP contribution in [0.3, 0.4) is 0 Å². The minimum absolute atomic E-state index is 0.402. The van der Waals surface area contributed by atoms with Crippen molar-refractivity contribution in [2.24, 2.45) is 12.2 Å². The van der Waals surface area contributed by atoms with Crippen molar-refractivity contribution in [1.29, 1.82) is 0 Å². The number of nitrogens with two attached hydrogens (primary N) is 1. The third-order valence-corrected chi connectivity index (χ3v) is 2.85. The van der Waals surface area contributed by atoms with Crippen molar-refractivity contribution in [1.82, 2.24) is 9.78 Å². The first kappa shape index (κ1) is 13.3. The van der Waals surface area contributed by atoms with Gasteiger partial charge in [-0.1, -0.05) is 11.6 Å². The highest BCUT2D eigenvalue weighted by Crippen LogP contribution is 2.34. The second-order valence-corrected chi connectivity index (χ2v) is 5.02. The third-order valence-electron chi connectivity index (χ3n) is 1.68. The molecule has 0 atom stereocenters. The van der Waals surface area contributed by atoms with Crippen LogP contribution in [0.4, 0.5) is 13.2 Å². The van der Waals surface area contributed by atoms with E-state index in [1.54, 1.807) is 0 Å². The van der Waals surface area contributed by atoms with Gasteiger partial charge in [-0.2, -0.15) is 18.3 Å². The van der Waals surface area contributed by atoms with Crippen LogP contribution in [-0.4, -0.2) is 18.2 Å². The van der Waals surface area contributed by atoms with Crippen LogP contribution >= 0.6 is 11.6 Å². The minimum atomic E-state index is -4.77. The molecule has 0 radical (unpaired) electrons. The number of aromatic nitrogens is 2. The quantitative estimate of drug-likeness (QED) is 0.872. The summed E-state index contributed by atoms with van der Waals surface area (Å²) in [6.45, 7) is 0. The Balaban J connectivity index is 3.36. The molecule has 1 rings (SSSR count). The third kappa shape index (κ3) is 2.86. The SMILES string of the molecule is Cn1nc(C(F)(F)F)c(CS(N)(=O)=O)c1Cl. The van der Waals surface area contributed by atoms with Gasteiger partial charge in [-0.25, -0.2) is 13.6 Å². The summed E-state index contributed by atoms with van der Waals surface area (Å²) in [6, 6.07) is 0. The molecule has 0 spiro atoms. The van der Waals surface area contributed by atoms with Crippen LogP contribution in [0.5, 0.6) is 0 Å². The van der Waals surface area contributed by atoms with Gasteiger partial charge in [0.25, 0.3) is 0 Å². The first-order valence-electron chi connectivity index (χ1n) is 3.81. The summed E-state index contributed by atoms with van der Waals surface area (Å²) >= 11 is 5.51. The monoisotopic (exact) mass is 277 g/mol. The molecule has 5 nitrogen and oxygen atoms in total. The van der Waals surface area contributed by atoms with E-state index in [4.69, 9.17) is 11.6 Å². The first-order chi connectivity index (χ1) is 7.02. The van der Waals surface area contributed by atoms with Crippen LogP contribution in [0, 0.1) is 0 Å². The maximum absolute atomic E-state index is 12.4. The molecule has 16 heavy (non-hydrogen) atoms. The molecule has 0 fully saturated rings. The Labute approximate surface area is 94.0 Å². The molecule has 0 saturated heterocycles. The molecule has 10 heteroatoms. The van der Waals surface area contributed by atoms with E-state index in [0.717, 1.165) is 4.68 Å². The fourth-order valence-electron chi connectivity index (χ4n) is 1.10. The van der Waals surface area contributed by atoms with Crippen molar-refractivity contribution < 1.29 is 21.6 Å². The summed E-state index contributed by atoms with van der Waals surface area (Å²) in [6.07, 6.45) is -4.77. The van der Waals surface area contributed by atoms with Gasteiger partial charge in [0.15, 0.2) is 5.69 Å². The van der Waals surface area contributed by atoms with Crippen molar-refractivity contribution in [2.75, 3.05) is 0 Å². The summed E-state index contributed by atoms with van der Waals surface area (Å²) in [5, 5.41) is 7.37. The molecular weight excluding hydrogens is 271 g/mol. The Morgan fingerprint density at radius 1 is 1.50 bits per heavy atom. The number of rotatable bonds is 2. The van der Waals surface area contributed by atoms with E-state index in [1.807, 2.05) is 0 Å². The van der Waals surface area contributed by atoms with Gasteiger partial charge in [0.2, 0.25) is 10.0 Å². The highest BCUT2D eigenvalue weighted by atomic mass is 35.5. The van der Waals surface area contributed by atoms with E-state index < -0.39 is 38.4 Å². The van der Waals surface area contributed by atoms with Crippen molar-refractivity contribution in [3.63, 3.8) is 0 Å². The van der Waals surface area contributed by atoms with Crippen molar-refractivity contribution in [2.45, 2.75) is 11.9 Å². The second-order valence-electron chi connectivity index (χ2n) is 3.05.